The molecule has 2 rings (SSSR count). The largest absolute Gasteiger partial charge is 0.396 e. The van der Waals surface area contributed by atoms with Crippen LogP contribution in [0.3, 0.4) is 0 Å². The fraction of sp³-hybridized carbons (Fsp3) is 0.500. The summed E-state index contributed by atoms with van der Waals surface area (Å²) in [5, 5.41) is 8.91. The van der Waals surface area contributed by atoms with Gasteiger partial charge in [0.2, 0.25) is 0 Å². The molecule has 1 unspecified atom stereocenters. The van der Waals surface area contributed by atoms with Crippen LogP contribution >= 0.6 is 15.9 Å². The Bertz CT molecular complexity index is 422. The van der Waals surface area contributed by atoms with Crippen molar-refractivity contribution in [1.82, 2.24) is 4.90 Å². The Morgan fingerprint density at radius 2 is 2.33 bits per heavy atom. The van der Waals surface area contributed by atoms with Gasteiger partial charge in [0.1, 0.15) is 0 Å². The van der Waals surface area contributed by atoms with Crippen molar-refractivity contribution < 1.29 is 9.90 Å². The smallest absolute Gasteiger partial charge is 0.176 e. The summed E-state index contributed by atoms with van der Waals surface area (Å²) in [6.45, 7) is 2.63. The Morgan fingerprint density at radius 3 is 3.06 bits per heavy atom. The van der Waals surface area contributed by atoms with Crippen LogP contribution in [0.5, 0.6) is 0 Å². The highest BCUT2D eigenvalue weighted by atomic mass is 79.9. The highest BCUT2D eigenvalue weighted by Crippen LogP contribution is 2.20. The summed E-state index contributed by atoms with van der Waals surface area (Å²) >= 11 is 3.38. The molecule has 18 heavy (non-hydrogen) atoms. The van der Waals surface area contributed by atoms with Gasteiger partial charge in [0.25, 0.3) is 0 Å². The first-order chi connectivity index (χ1) is 8.69. The Hall–Kier alpha value is -0.710. The second-order valence-corrected chi connectivity index (χ2v) is 5.75. The van der Waals surface area contributed by atoms with E-state index in [1.807, 2.05) is 24.3 Å². The van der Waals surface area contributed by atoms with Crippen LogP contribution in [0.15, 0.2) is 28.7 Å². The Labute approximate surface area is 116 Å². The maximum Gasteiger partial charge on any atom is 0.176 e. The zero-order valence-corrected chi connectivity index (χ0v) is 11.9. The molecule has 1 heterocycles. The summed E-state index contributed by atoms with van der Waals surface area (Å²) in [7, 11) is 0. The van der Waals surface area contributed by atoms with Crippen molar-refractivity contribution in [2.75, 3.05) is 26.2 Å². The number of carbonyl (C=O) groups is 1. The van der Waals surface area contributed by atoms with E-state index in [-0.39, 0.29) is 12.4 Å². The lowest BCUT2D eigenvalue weighted by Crippen LogP contribution is -2.28. The Balaban J connectivity index is 1.89. The van der Waals surface area contributed by atoms with Gasteiger partial charge >= 0.3 is 0 Å². The topological polar surface area (TPSA) is 40.5 Å². The normalized spacial score (nSPS) is 20.2. The highest BCUT2D eigenvalue weighted by molar-refractivity contribution is 9.10. The maximum absolute atomic E-state index is 12.1. The molecule has 4 heteroatoms. The molecule has 0 aliphatic carbocycles. The molecule has 1 atom stereocenters. The van der Waals surface area contributed by atoms with E-state index in [1.165, 1.54) is 0 Å². The van der Waals surface area contributed by atoms with Gasteiger partial charge in [-0.15, -0.1) is 0 Å². The first-order valence-corrected chi connectivity index (χ1v) is 7.10. The molecule has 1 aromatic carbocycles. The summed E-state index contributed by atoms with van der Waals surface area (Å²) < 4.78 is 0.938. The molecule has 0 amide bonds. The van der Waals surface area contributed by atoms with Gasteiger partial charge in [-0.2, -0.15) is 0 Å². The molecule has 1 N–H and O–H groups in total. The van der Waals surface area contributed by atoms with E-state index in [4.69, 9.17) is 5.11 Å². The highest BCUT2D eigenvalue weighted by Gasteiger charge is 2.23. The third kappa shape index (κ3) is 3.64. The van der Waals surface area contributed by atoms with Gasteiger partial charge < -0.3 is 5.11 Å². The number of aliphatic hydroxyl groups excluding tert-OH is 1. The van der Waals surface area contributed by atoms with Crippen LogP contribution in [-0.4, -0.2) is 42.0 Å². The monoisotopic (exact) mass is 311 g/mol. The number of rotatable bonds is 5. The Morgan fingerprint density at radius 1 is 1.50 bits per heavy atom. The minimum absolute atomic E-state index is 0.168. The number of Topliss-reactive ketones (excluding diaryl/α,β-unsaturated/α-hetero) is 1. The SMILES string of the molecule is O=C(CN1CCC(CCO)C1)c1cccc(Br)c1. The van der Waals surface area contributed by atoms with Crippen molar-refractivity contribution in [2.24, 2.45) is 5.92 Å². The van der Waals surface area contributed by atoms with E-state index in [0.29, 0.717) is 12.5 Å². The van der Waals surface area contributed by atoms with Crippen LogP contribution < -0.4 is 0 Å². The number of benzene rings is 1. The number of halogens is 1. The average Bonchev–Trinajstić information content (AvgIpc) is 2.77. The van der Waals surface area contributed by atoms with Crippen LogP contribution in [0.2, 0.25) is 0 Å². The molecule has 1 aliphatic heterocycles. The van der Waals surface area contributed by atoms with Crippen molar-refractivity contribution in [3.63, 3.8) is 0 Å². The predicted octanol–water partition coefficient (Wildman–Crippen LogP) is 2.34. The lowest BCUT2D eigenvalue weighted by atomic mass is 10.1. The van der Waals surface area contributed by atoms with Gasteiger partial charge in [0, 0.05) is 23.2 Å². The van der Waals surface area contributed by atoms with E-state index >= 15 is 0 Å². The van der Waals surface area contributed by atoms with Gasteiger partial charge in [0.15, 0.2) is 5.78 Å². The quantitative estimate of drug-likeness (QED) is 0.849. The summed E-state index contributed by atoms with van der Waals surface area (Å²) in [4.78, 5) is 14.3. The van der Waals surface area contributed by atoms with Crippen LogP contribution in [0, 0.1) is 5.92 Å². The standard InChI is InChI=1S/C14H18BrNO2/c15-13-3-1-2-12(8-13)14(18)10-16-6-4-11(9-16)5-7-17/h1-3,8,11,17H,4-7,9-10H2. The summed E-state index contributed by atoms with van der Waals surface area (Å²) in [6, 6.07) is 7.53. The molecule has 0 bridgehead atoms. The summed E-state index contributed by atoms with van der Waals surface area (Å²) in [5.74, 6) is 0.714. The predicted molar refractivity (Wildman–Crippen MR) is 74.7 cm³/mol. The fourth-order valence-electron chi connectivity index (χ4n) is 2.43. The van der Waals surface area contributed by atoms with Crippen LogP contribution in [-0.2, 0) is 0 Å². The van der Waals surface area contributed by atoms with Crippen molar-refractivity contribution >= 4 is 21.7 Å². The van der Waals surface area contributed by atoms with Crippen LogP contribution in [0.4, 0.5) is 0 Å². The zero-order chi connectivity index (χ0) is 13.0. The first-order valence-electron chi connectivity index (χ1n) is 6.31. The molecule has 0 aromatic heterocycles. The maximum atomic E-state index is 12.1. The molecular weight excluding hydrogens is 294 g/mol. The zero-order valence-electron chi connectivity index (χ0n) is 10.3. The molecule has 1 saturated heterocycles. The molecule has 1 aliphatic rings. The molecule has 1 fully saturated rings. The van der Waals surface area contributed by atoms with Crippen molar-refractivity contribution in [2.45, 2.75) is 12.8 Å². The molecule has 3 nitrogen and oxygen atoms in total. The van der Waals surface area contributed by atoms with E-state index in [2.05, 4.69) is 20.8 Å². The average molecular weight is 312 g/mol. The lowest BCUT2D eigenvalue weighted by Gasteiger charge is -2.14. The minimum Gasteiger partial charge on any atom is -0.396 e. The second-order valence-electron chi connectivity index (χ2n) is 4.84. The van der Waals surface area contributed by atoms with E-state index < -0.39 is 0 Å². The summed E-state index contributed by atoms with van der Waals surface area (Å²) in [6.07, 6.45) is 1.94. The van der Waals surface area contributed by atoms with Crippen molar-refractivity contribution in [1.29, 1.82) is 0 Å². The molecule has 0 spiro atoms. The molecule has 0 saturated carbocycles. The molecule has 98 valence electrons. The van der Waals surface area contributed by atoms with Crippen LogP contribution in [0.1, 0.15) is 23.2 Å². The number of nitrogens with zero attached hydrogens (tertiary/aromatic N) is 1. The van der Waals surface area contributed by atoms with Gasteiger partial charge in [0.05, 0.1) is 6.54 Å². The number of carbonyl (C=O) groups excluding carboxylic acids is 1. The van der Waals surface area contributed by atoms with Gasteiger partial charge in [-0.05, 0) is 37.4 Å². The van der Waals surface area contributed by atoms with Gasteiger partial charge in [-0.25, -0.2) is 0 Å². The molecule has 1 aromatic rings. The third-order valence-electron chi connectivity index (χ3n) is 3.42. The minimum atomic E-state index is 0.168. The number of likely N-dealkylation sites (tertiary alicyclic amines) is 1. The summed E-state index contributed by atoms with van der Waals surface area (Å²) in [5.41, 5.74) is 0.759. The van der Waals surface area contributed by atoms with Crippen LogP contribution in [0.25, 0.3) is 0 Å². The first kappa shape index (κ1) is 13.7. The number of hydrogen-bond donors (Lipinski definition) is 1. The number of hydrogen-bond acceptors (Lipinski definition) is 3. The van der Waals surface area contributed by atoms with Crippen molar-refractivity contribution in [3.8, 4) is 0 Å². The van der Waals surface area contributed by atoms with Gasteiger partial charge in [-0.1, -0.05) is 28.1 Å². The third-order valence-corrected chi connectivity index (χ3v) is 3.91. The van der Waals surface area contributed by atoms with E-state index in [0.717, 1.165) is 36.0 Å². The number of ketones is 1. The van der Waals surface area contributed by atoms with Crippen molar-refractivity contribution in [3.05, 3.63) is 34.3 Å². The van der Waals surface area contributed by atoms with E-state index in [9.17, 15) is 4.79 Å². The Kier molecular flexibility index (Phi) is 4.92. The number of aliphatic hydroxyl groups is 1. The molecular formula is C14H18BrNO2. The van der Waals surface area contributed by atoms with E-state index in [1.54, 1.807) is 0 Å². The molecule has 0 radical (unpaired) electrons. The van der Waals surface area contributed by atoms with Gasteiger partial charge in [-0.3, -0.25) is 9.69 Å². The fourth-order valence-corrected chi connectivity index (χ4v) is 2.83. The lowest BCUT2D eigenvalue weighted by molar-refractivity contribution is 0.0942. The second kappa shape index (κ2) is 6.45.